The number of anilines is 2. The van der Waals surface area contributed by atoms with Crippen LogP contribution in [0.5, 0.6) is 5.75 Å². The fourth-order valence-electron chi connectivity index (χ4n) is 1.85. The van der Waals surface area contributed by atoms with Crippen LogP contribution >= 0.6 is 0 Å². The van der Waals surface area contributed by atoms with Crippen LogP contribution in [-0.2, 0) is 11.2 Å². The van der Waals surface area contributed by atoms with Gasteiger partial charge in [-0.15, -0.1) is 0 Å². The van der Waals surface area contributed by atoms with E-state index in [4.69, 9.17) is 10.5 Å². The minimum Gasteiger partial charge on any atom is -0.489 e. The Morgan fingerprint density at radius 2 is 2.25 bits per heavy atom. The highest BCUT2D eigenvalue weighted by Crippen LogP contribution is 2.37. The van der Waals surface area contributed by atoms with Crippen LogP contribution in [0.4, 0.5) is 11.4 Å². The number of nitrogen functional groups attached to an aromatic ring is 1. The van der Waals surface area contributed by atoms with E-state index < -0.39 is 0 Å². The minimum atomic E-state index is 0.0615. The van der Waals surface area contributed by atoms with Gasteiger partial charge in [-0.2, -0.15) is 0 Å². The highest BCUT2D eigenvalue weighted by Gasteiger charge is 2.22. The number of benzene rings is 1. The summed E-state index contributed by atoms with van der Waals surface area (Å²) in [4.78, 5) is 13.3. The number of fused-ring (bicyclic) bond motifs is 1. The maximum atomic E-state index is 11.7. The molecule has 0 atom stereocenters. The van der Waals surface area contributed by atoms with Gasteiger partial charge in [-0.25, -0.2) is 0 Å². The third kappa shape index (κ3) is 1.71. The third-order valence-electron chi connectivity index (χ3n) is 2.86. The lowest BCUT2D eigenvalue weighted by molar-refractivity contribution is -0.118. The predicted molar refractivity (Wildman–Crippen MR) is 63.8 cm³/mol. The number of carbonyl (C=O) groups excluding carboxylic acids is 1. The Balaban J connectivity index is 2.55. The Labute approximate surface area is 95.0 Å². The molecule has 0 radical (unpaired) electrons. The molecule has 0 bridgehead atoms. The number of ether oxygens (including phenoxy) is 1. The van der Waals surface area contributed by atoms with E-state index in [1.54, 1.807) is 11.9 Å². The topological polar surface area (TPSA) is 55.6 Å². The van der Waals surface area contributed by atoms with Crippen molar-refractivity contribution in [2.45, 2.75) is 19.8 Å². The zero-order chi connectivity index (χ0) is 11.7. The van der Waals surface area contributed by atoms with E-state index in [2.05, 4.69) is 6.92 Å². The van der Waals surface area contributed by atoms with Crippen molar-refractivity contribution in [3.05, 3.63) is 17.7 Å². The lowest BCUT2D eigenvalue weighted by Crippen LogP contribution is -2.25. The first-order valence-corrected chi connectivity index (χ1v) is 5.45. The van der Waals surface area contributed by atoms with Gasteiger partial charge >= 0.3 is 0 Å². The predicted octanol–water partition coefficient (Wildman–Crippen LogP) is 1.58. The van der Waals surface area contributed by atoms with Crippen LogP contribution in [0.1, 0.15) is 18.9 Å². The van der Waals surface area contributed by atoms with Crippen LogP contribution in [0.3, 0.4) is 0 Å². The molecule has 1 aromatic rings. The molecule has 0 aromatic heterocycles. The average molecular weight is 220 g/mol. The monoisotopic (exact) mass is 220 g/mol. The van der Waals surface area contributed by atoms with Gasteiger partial charge in [0.15, 0.2) is 5.75 Å². The van der Waals surface area contributed by atoms with E-state index in [1.807, 2.05) is 12.1 Å². The second kappa shape index (κ2) is 4.04. The van der Waals surface area contributed by atoms with Gasteiger partial charge < -0.3 is 15.4 Å². The average Bonchev–Trinajstić information content (AvgIpc) is 2.41. The summed E-state index contributed by atoms with van der Waals surface area (Å²) in [5.74, 6) is 0.692. The van der Waals surface area contributed by atoms with Crippen molar-refractivity contribution < 1.29 is 9.53 Å². The molecule has 16 heavy (non-hydrogen) atoms. The van der Waals surface area contributed by atoms with Gasteiger partial charge in [0, 0.05) is 7.05 Å². The first kappa shape index (κ1) is 10.8. The number of hydrogen-bond acceptors (Lipinski definition) is 3. The smallest absolute Gasteiger partial charge is 0.230 e. The Morgan fingerprint density at radius 1 is 1.50 bits per heavy atom. The molecule has 2 rings (SSSR count). The first-order chi connectivity index (χ1) is 7.63. The standard InChI is InChI=1S/C12H16N2O2/c1-3-8-6-9(13)12-10(7-8)14(2)11(15)4-5-16-12/h6-7H,3-5,13H2,1-2H3. The summed E-state index contributed by atoms with van der Waals surface area (Å²) in [5, 5.41) is 0. The molecular formula is C12H16N2O2. The second-order valence-electron chi connectivity index (χ2n) is 3.94. The van der Waals surface area contributed by atoms with E-state index in [0.717, 1.165) is 17.7 Å². The normalized spacial score (nSPS) is 15.4. The molecule has 0 saturated heterocycles. The third-order valence-corrected chi connectivity index (χ3v) is 2.86. The van der Waals surface area contributed by atoms with Gasteiger partial charge in [-0.3, -0.25) is 4.79 Å². The van der Waals surface area contributed by atoms with Crippen molar-refractivity contribution in [1.82, 2.24) is 0 Å². The molecule has 4 heteroatoms. The zero-order valence-electron chi connectivity index (χ0n) is 9.62. The van der Waals surface area contributed by atoms with Crippen molar-refractivity contribution in [3.63, 3.8) is 0 Å². The summed E-state index contributed by atoms with van der Waals surface area (Å²) >= 11 is 0. The van der Waals surface area contributed by atoms with Crippen LogP contribution in [-0.4, -0.2) is 19.6 Å². The number of rotatable bonds is 1. The number of carbonyl (C=O) groups is 1. The summed E-state index contributed by atoms with van der Waals surface area (Å²) < 4.78 is 5.53. The van der Waals surface area contributed by atoms with Crippen molar-refractivity contribution >= 4 is 17.3 Å². The maximum absolute atomic E-state index is 11.7. The summed E-state index contributed by atoms with van der Waals surface area (Å²) in [5.41, 5.74) is 8.43. The molecule has 1 heterocycles. The molecule has 0 saturated carbocycles. The Bertz CT molecular complexity index is 429. The molecule has 1 amide bonds. The Kier molecular flexibility index (Phi) is 2.73. The van der Waals surface area contributed by atoms with E-state index in [9.17, 15) is 4.79 Å². The van der Waals surface area contributed by atoms with Crippen LogP contribution in [0, 0.1) is 0 Å². The molecule has 1 aliphatic heterocycles. The maximum Gasteiger partial charge on any atom is 0.230 e. The Morgan fingerprint density at radius 3 is 2.94 bits per heavy atom. The first-order valence-electron chi connectivity index (χ1n) is 5.45. The van der Waals surface area contributed by atoms with Gasteiger partial charge in [0.25, 0.3) is 0 Å². The molecule has 0 unspecified atom stereocenters. The lowest BCUT2D eigenvalue weighted by atomic mass is 10.1. The van der Waals surface area contributed by atoms with Crippen LogP contribution in [0.2, 0.25) is 0 Å². The van der Waals surface area contributed by atoms with E-state index in [1.165, 1.54) is 0 Å². The molecule has 86 valence electrons. The number of nitrogens with two attached hydrogens (primary N) is 1. The van der Waals surface area contributed by atoms with Crippen molar-refractivity contribution in [1.29, 1.82) is 0 Å². The highest BCUT2D eigenvalue weighted by atomic mass is 16.5. The molecule has 1 aliphatic rings. The van der Waals surface area contributed by atoms with Crippen LogP contribution < -0.4 is 15.4 Å². The zero-order valence-corrected chi connectivity index (χ0v) is 9.62. The van der Waals surface area contributed by atoms with Crippen molar-refractivity contribution in [2.24, 2.45) is 0 Å². The molecule has 1 aromatic carbocycles. The van der Waals surface area contributed by atoms with Crippen molar-refractivity contribution in [2.75, 3.05) is 24.3 Å². The summed E-state index contributed by atoms with van der Waals surface area (Å²) in [7, 11) is 1.76. The molecular weight excluding hydrogens is 204 g/mol. The number of hydrogen-bond donors (Lipinski definition) is 1. The quantitative estimate of drug-likeness (QED) is 0.731. The van der Waals surface area contributed by atoms with Crippen LogP contribution in [0.15, 0.2) is 12.1 Å². The van der Waals surface area contributed by atoms with Gasteiger partial charge in [0.2, 0.25) is 5.91 Å². The van der Waals surface area contributed by atoms with E-state index in [0.29, 0.717) is 24.5 Å². The highest BCUT2D eigenvalue weighted by molar-refractivity contribution is 5.96. The van der Waals surface area contributed by atoms with E-state index >= 15 is 0 Å². The second-order valence-corrected chi connectivity index (χ2v) is 3.94. The molecule has 4 nitrogen and oxygen atoms in total. The minimum absolute atomic E-state index is 0.0615. The summed E-state index contributed by atoms with van der Waals surface area (Å²) in [6.45, 7) is 2.45. The molecule has 2 N–H and O–H groups in total. The number of nitrogens with zero attached hydrogens (tertiary/aromatic N) is 1. The fourth-order valence-corrected chi connectivity index (χ4v) is 1.85. The lowest BCUT2D eigenvalue weighted by Gasteiger charge is -2.18. The van der Waals surface area contributed by atoms with Gasteiger partial charge in [-0.1, -0.05) is 6.92 Å². The summed E-state index contributed by atoms with van der Waals surface area (Å²) in [6, 6.07) is 3.87. The van der Waals surface area contributed by atoms with Gasteiger partial charge in [0.05, 0.1) is 24.4 Å². The molecule has 0 fully saturated rings. The molecule has 0 spiro atoms. The largest absolute Gasteiger partial charge is 0.489 e. The summed E-state index contributed by atoms with van der Waals surface area (Å²) in [6.07, 6.45) is 1.28. The number of amides is 1. The fraction of sp³-hybridized carbons (Fsp3) is 0.417. The van der Waals surface area contributed by atoms with Gasteiger partial charge in [0.1, 0.15) is 0 Å². The Hall–Kier alpha value is -1.71. The van der Waals surface area contributed by atoms with Crippen molar-refractivity contribution in [3.8, 4) is 5.75 Å². The molecule has 0 aliphatic carbocycles. The number of aryl methyl sites for hydroxylation is 1. The van der Waals surface area contributed by atoms with Gasteiger partial charge in [-0.05, 0) is 24.1 Å². The SMILES string of the molecule is CCc1cc(N)c2c(c1)N(C)C(=O)CCO2. The van der Waals surface area contributed by atoms with E-state index in [-0.39, 0.29) is 5.91 Å². The van der Waals surface area contributed by atoms with Crippen LogP contribution in [0.25, 0.3) is 0 Å².